The lowest BCUT2D eigenvalue weighted by Crippen LogP contribution is -2.48. The second kappa shape index (κ2) is 7.86. The molecule has 0 saturated carbocycles. The first-order chi connectivity index (χ1) is 13.2. The molecule has 27 heavy (non-hydrogen) atoms. The molecule has 0 radical (unpaired) electrons. The lowest BCUT2D eigenvalue weighted by molar-refractivity contribution is -0.141. The monoisotopic (exact) mass is 388 g/mol. The third-order valence-corrected chi connectivity index (χ3v) is 6.21. The Labute approximate surface area is 162 Å². The van der Waals surface area contributed by atoms with Crippen LogP contribution in [-0.2, 0) is 22.4 Å². The van der Waals surface area contributed by atoms with Gasteiger partial charge in [-0.1, -0.05) is 6.92 Å². The predicted octanol–water partition coefficient (Wildman–Crippen LogP) is 2.89. The Morgan fingerprint density at radius 2 is 2.19 bits per heavy atom. The summed E-state index contributed by atoms with van der Waals surface area (Å²) in [4.78, 5) is 30.5. The van der Waals surface area contributed by atoms with Gasteiger partial charge in [-0.25, -0.2) is 0 Å². The molecule has 0 N–H and O–H groups in total. The van der Waals surface area contributed by atoms with Gasteiger partial charge >= 0.3 is 0 Å². The van der Waals surface area contributed by atoms with E-state index in [1.807, 2.05) is 30.5 Å². The molecule has 2 aliphatic heterocycles. The van der Waals surface area contributed by atoms with Gasteiger partial charge in [-0.05, 0) is 36.4 Å². The fourth-order valence-corrected chi connectivity index (χ4v) is 4.65. The Morgan fingerprint density at radius 1 is 1.30 bits per heavy atom. The van der Waals surface area contributed by atoms with Crippen molar-refractivity contribution >= 4 is 23.2 Å². The summed E-state index contributed by atoms with van der Waals surface area (Å²) in [7, 11) is 0. The number of hydrogen-bond acceptors (Lipinski definition) is 5. The summed E-state index contributed by atoms with van der Waals surface area (Å²) < 4.78 is 11.5. The van der Waals surface area contributed by atoms with Gasteiger partial charge in [0.2, 0.25) is 5.91 Å². The first kappa shape index (κ1) is 18.3. The number of morpholine rings is 1. The number of thiophene rings is 1. The number of amides is 2. The third kappa shape index (κ3) is 3.66. The third-order valence-electron chi connectivity index (χ3n) is 5.23. The van der Waals surface area contributed by atoms with Crippen molar-refractivity contribution in [2.75, 3.05) is 32.8 Å². The van der Waals surface area contributed by atoms with Gasteiger partial charge in [-0.15, -0.1) is 11.3 Å². The molecule has 1 fully saturated rings. The van der Waals surface area contributed by atoms with E-state index < -0.39 is 0 Å². The molecule has 6 nitrogen and oxygen atoms in total. The zero-order valence-corrected chi connectivity index (χ0v) is 16.3. The number of fused-ring (bicyclic) bond motifs is 1. The average molecular weight is 388 g/mol. The van der Waals surface area contributed by atoms with Crippen molar-refractivity contribution in [3.05, 3.63) is 45.5 Å². The Bertz CT molecular complexity index is 828. The minimum absolute atomic E-state index is 0.0341. The fraction of sp³-hybridized carbons (Fsp3) is 0.500. The average Bonchev–Trinajstić information content (AvgIpc) is 3.33. The van der Waals surface area contributed by atoms with Gasteiger partial charge in [0.15, 0.2) is 0 Å². The van der Waals surface area contributed by atoms with Crippen LogP contribution in [0.1, 0.15) is 46.1 Å². The van der Waals surface area contributed by atoms with Gasteiger partial charge in [-0.2, -0.15) is 0 Å². The maximum absolute atomic E-state index is 13.1. The fourth-order valence-electron chi connectivity index (χ4n) is 3.73. The second-order valence-corrected chi connectivity index (χ2v) is 7.92. The van der Waals surface area contributed by atoms with E-state index in [0.717, 1.165) is 41.2 Å². The van der Waals surface area contributed by atoms with Crippen LogP contribution in [0, 0.1) is 0 Å². The minimum atomic E-state index is -0.231. The molecule has 0 aromatic carbocycles. The van der Waals surface area contributed by atoms with Crippen LogP contribution >= 0.6 is 11.3 Å². The molecular weight excluding hydrogens is 364 g/mol. The smallest absolute Gasteiger partial charge is 0.255 e. The number of nitrogens with zero attached hydrogens (tertiary/aromatic N) is 2. The first-order valence-corrected chi connectivity index (χ1v) is 10.4. The van der Waals surface area contributed by atoms with Crippen LogP contribution in [0.2, 0.25) is 0 Å². The molecule has 1 atom stereocenters. The van der Waals surface area contributed by atoms with E-state index in [2.05, 4.69) is 0 Å². The van der Waals surface area contributed by atoms with Crippen LogP contribution in [0.15, 0.2) is 28.0 Å². The number of furan rings is 1. The summed E-state index contributed by atoms with van der Waals surface area (Å²) in [6.07, 6.45) is 2.60. The molecule has 0 spiro atoms. The van der Waals surface area contributed by atoms with Crippen LogP contribution in [0.3, 0.4) is 0 Å². The standard InChI is InChI=1S/C20H24N2O4S/c1-2-14-5-6-17(26-14)16-13-25-10-9-22(16)19(23)12-21-8-3-4-18-15(20(21)24)7-11-27-18/h5-7,11,16H,2-4,8-10,12-13H2,1H3. The highest BCUT2D eigenvalue weighted by Crippen LogP contribution is 2.28. The van der Waals surface area contributed by atoms with Crippen LogP contribution < -0.4 is 0 Å². The van der Waals surface area contributed by atoms with Crippen LogP contribution in [0.25, 0.3) is 0 Å². The first-order valence-electron chi connectivity index (χ1n) is 9.49. The van der Waals surface area contributed by atoms with E-state index in [-0.39, 0.29) is 24.4 Å². The number of aryl methyl sites for hydroxylation is 2. The van der Waals surface area contributed by atoms with E-state index in [1.165, 1.54) is 0 Å². The topological polar surface area (TPSA) is 63.0 Å². The molecule has 1 unspecified atom stereocenters. The highest BCUT2D eigenvalue weighted by molar-refractivity contribution is 7.10. The number of carbonyl (C=O) groups is 2. The number of rotatable bonds is 4. The van der Waals surface area contributed by atoms with Gasteiger partial charge in [0.25, 0.3) is 5.91 Å². The molecule has 2 aliphatic rings. The second-order valence-electron chi connectivity index (χ2n) is 6.92. The Balaban J connectivity index is 1.50. The van der Waals surface area contributed by atoms with Crippen molar-refractivity contribution in [1.82, 2.24) is 9.80 Å². The van der Waals surface area contributed by atoms with E-state index in [1.54, 1.807) is 21.1 Å². The summed E-state index contributed by atoms with van der Waals surface area (Å²) in [6.45, 7) is 4.19. The van der Waals surface area contributed by atoms with Crippen molar-refractivity contribution in [2.45, 2.75) is 32.2 Å². The van der Waals surface area contributed by atoms with Gasteiger partial charge in [0.05, 0.1) is 18.8 Å². The summed E-state index contributed by atoms with van der Waals surface area (Å²) in [5, 5.41) is 1.95. The lowest BCUT2D eigenvalue weighted by Gasteiger charge is -2.35. The summed E-state index contributed by atoms with van der Waals surface area (Å²) in [5.41, 5.74) is 0.752. The van der Waals surface area contributed by atoms with Gasteiger partial charge in [0.1, 0.15) is 24.1 Å². The maximum atomic E-state index is 13.1. The molecule has 4 rings (SSSR count). The van der Waals surface area contributed by atoms with Gasteiger partial charge < -0.3 is 19.0 Å². The van der Waals surface area contributed by atoms with E-state index in [4.69, 9.17) is 9.15 Å². The van der Waals surface area contributed by atoms with Crippen LogP contribution in [0.4, 0.5) is 0 Å². The molecule has 0 bridgehead atoms. The van der Waals surface area contributed by atoms with Gasteiger partial charge in [0, 0.05) is 24.4 Å². The SMILES string of the molecule is CCc1ccc(C2COCCN2C(=O)CN2CCCc3sccc3C2=O)o1. The summed E-state index contributed by atoms with van der Waals surface area (Å²) in [6, 6.07) is 5.51. The molecule has 0 aliphatic carbocycles. The molecule has 2 amide bonds. The quantitative estimate of drug-likeness (QED) is 0.808. The van der Waals surface area contributed by atoms with E-state index in [0.29, 0.717) is 26.3 Å². The Kier molecular flexibility index (Phi) is 5.31. The minimum Gasteiger partial charge on any atom is -0.464 e. The molecule has 2 aromatic heterocycles. The number of hydrogen-bond donors (Lipinski definition) is 0. The summed E-state index contributed by atoms with van der Waals surface area (Å²) >= 11 is 1.62. The van der Waals surface area contributed by atoms with E-state index in [9.17, 15) is 9.59 Å². The Hall–Kier alpha value is -2.12. The highest BCUT2D eigenvalue weighted by Gasteiger charge is 2.33. The van der Waals surface area contributed by atoms with Crippen molar-refractivity contribution in [1.29, 1.82) is 0 Å². The number of carbonyl (C=O) groups excluding carboxylic acids is 2. The summed E-state index contributed by atoms with van der Waals surface area (Å²) in [5.74, 6) is 1.57. The molecule has 4 heterocycles. The molecule has 2 aromatic rings. The molecular formula is C20H24N2O4S. The van der Waals surface area contributed by atoms with Crippen LogP contribution in [-0.4, -0.2) is 54.5 Å². The van der Waals surface area contributed by atoms with Crippen LogP contribution in [0.5, 0.6) is 0 Å². The van der Waals surface area contributed by atoms with E-state index >= 15 is 0 Å². The Morgan fingerprint density at radius 3 is 3.00 bits per heavy atom. The zero-order valence-electron chi connectivity index (χ0n) is 15.5. The molecule has 144 valence electrons. The van der Waals surface area contributed by atoms with Gasteiger partial charge in [-0.3, -0.25) is 9.59 Å². The number of ether oxygens (including phenoxy) is 1. The van der Waals surface area contributed by atoms with Crippen molar-refractivity contribution in [3.63, 3.8) is 0 Å². The van der Waals surface area contributed by atoms with Crippen molar-refractivity contribution in [3.8, 4) is 0 Å². The lowest BCUT2D eigenvalue weighted by atomic mass is 10.1. The van der Waals surface area contributed by atoms with Crippen molar-refractivity contribution < 1.29 is 18.7 Å². The predicted molar refractivity (Wildman–Crippen MR) is 102 cm³/mol. The molecule has 7 heteroatoms. The normalized spacial score (nSPS) is 20.5. The zero-order chi connectivity index (χ0) is 18.8. The van der Waals surface area contributed by atoms with Crippen molar-refractivity contribution in [2.24, 2.45) is 0 Å². The largest absolute Gasteiger partial charge is 0.464 e. The molecule has 1 saturated heterocycles. The highest BCUT2D eigenvalue weighted by atomic mass is 32.1. The maximum Gasteiger partial charge on any atom is 0.255 e.